The first-order chi connectivity index (χ1) is 14.4. The van der Waals surface area contributed by atoms with E-state index in [-0.39, 0.29) is 17.3 Å². The van der Waals surface area contributed by atoms with Gasteiger partial charge in [-0.05, 0) is 42.3 Å². The van der Waals surface area contributed by atoms with Gasteiger partial charge in [-0.2, -0.15) is 5.11 Å². The lowest BCUT2D eigenvalue weighted by Gasteiger charge is -2.20. The summed E-state index contributed by atoms with van der Waals surface area (Å²) in [7, 11) is 0. The molecule has 1 N–H and O–H groups in total. The maximum atomic E-state index is 13.4. The molecule has 0 bridgehead atoms. The van der Waals surface area contributed by atoms with Gasteiger partial charge in [0.1, 0.15) is 12.4 Å². The standard InChI is InChI=1S/C20H17ClFN5O3/c1-2-11-3-5-12(6-4-11)23-16(28)10-26-18-17(24-25-26)19(29)27(20(18)30)13-7-8-15(22)14(21)9-13/h3-9,17-18H,2,10H2,1H3,(H,23,28)/t17-,18+/m1/s1. The molecule has 1 saturated heterocycles. The van der Waals surface area contributed by atoms with Crippen molar-refractivity contribution in [1.82, 2.24) is 5.01 Å². The number of amides is 3. The first-order valence-electron chi connectivity index (χ1n) is 9.28. The summed E-state index contributed by atoms with van der Waals surface area (Å²) in [5.74, 6) is -2.26. The second-order valence-electron chi connectivity index (χ2n) is 6.90. The van der Waals surface area contributed by atoms with Crippen LogP contribution in [0.15, 0.2) is 52.8 Å². The Bertz CT molecular complexity index is 1060. The summed E-state index contributed by atoms with van der Waals surface area (Å²) in [6.07, 6.45) is 0.886. The number of nitrogens with zero attached hydrogens (tertiary/aromatic N) is 4. The van der Waals surface area contributed by atoms with Crippen molar-refractivity contribution in [3.63, 3.8) is 0 Å². The Labute approximate surface area is 176 Å². The van der Waals surface area contributed by atoms with Gasteiger partial charge in [-0.15, -0.1) is 0 Å². The molecule has 30 heavy (non-hydrogen) atoms. The van der Waals surface area contributed by atoms with Crippen LogP contribution in [0.5, 0.6) is 0 Å². The van der Waals surface area contributed by atoms with Gasteiger partial charge in [-0.3, -0.25) is 19.4 Å². The van der Waals surface area contributed by atoms with Gasteiger partial charge in [-0.25, -0.2) is 9.29 Å². The Hall–Kier alpha value is -3.33. The first-order valence-corrected chi connectivity index (χ1v) is 9.66. The number of fused-ring (bicyclic) bond motifs is 1. The molecule has 0 radical (unpaired) electrons. The predicted octanol–water partition coefficient (Wildman–Crippen LogP) is 2.97. The molecule has 0 saturated carbocycles. The average molecular weight is 430 g/mol. The zero-order valence-electron chi connectivity index (χ0n) is 15.9. The van der Waals surface area contributed by atoms with Crippen LogP contribution in [0, 0.1) is 5.82 Å². The number of halogens is 2. The molecule has 8 nitrogen and oxygen atoms in total. The molecule has 0 unspecified atom stereocenters. The fourth-order valence-electron chi connectivity index (χ4n) is 3.40. The van der Waals surface area contributed by atoms with Gasteiger partial charge in [-0.1, -0.05) is 35.9 Å². The zero-order chi connectivity index (χ0) is 21.4. The molecule has 10 heteroatoms. The van der Waals surface area contributed by atoms with E-state index in [4.69, 9.17) is 11.6 Å². The van der Waals surface area contributed by atoms with E-state index in [2.05, 4.69) is 15.7 Å². The van der Waals surface area contributed by atoms with Crippen molar-refractivity contribution in [2.45, 2.75) is 25.4 Å². The summed E-state index contributed by atoms with van der Waals surface area (Å²) < 4.78 is 13.4. The molecule has 2 aliphatic rings. The highest BCUT2D eigenvalue weighted by Crippen LogP contribution is 2.33. The third kappa shape index (κ3) is 3.52. The second kappa shape index (κ2) is 7.83. The molecule has 2 aromatic rings. The quantitative estimate of drug-likeness (QED) is 0.739. The number of rotatable bonds is 5. The van der Waals surface area contributed by atoms with Crippen molar-refractivity contribution in [2.75, 3.05) is 16.8 Å². The predicted molar refractivity (Wildman–Crippen MR) is 107 cm³/mol. The maximum absolute atomic E-state index is 13.4. The molecule has 2 heterocycles. The third-order valence-electron chi connectivity index (χ3n) is 4.97. The van der Waals surface area contributed by atoms with Crippen LogP contribution in [0.1, 0.15) is 12.5 Å². The van der Waals surface area contributed by atoms with Gasteiger partial charge < -0.3 is 5.32 Å². The van der Waals surface area contributed by atoms with Crippen LogP contribution >= 0.6 is 11.6 Å². The van der Waals surface area contributed by atoms with E-state index >= 15 is 0 Å². The molecule has 154 valence electrons. The Balaban J connectivity index is 1.47. The molecule has 0 aliphatic carbocycles. The van der Waals surface area contributed by atoms with Gasteiger partial charge in [0, 0.05) is 5.69 Å². The zero-order valence-corrected chi connectivity index (χ0v) is 16.6. The number of anilines is 2. The molecule has 1 fully saturated rings. The van der Waals surface area contributed by atoms with E-state index < -0.39 is 35.6 Å². The van der Waals surface area contributed by atoms with Crippen molar-refractivity contribution in [3.8, 4) is 0 Å². The number of nitrogens with one attached hydrogen (secondary N) is 1. The van der Waals surface area contributed by atoms with Crippen LogP contribution in [-0.4, -0.2) is 41.4 Å². The lowest BCUT2D eigenvalue weighted by Crippen LogP contribution is -2.43. The Kier molecular flexibility index (Phi) is 5.21. The average Bonchev–Trinajstić information content (AvgIpc) is 3.24. The van der Waals surface area contributed by atoms with E-state index in [1.54, 1.807) is 12.1 Å². The minimum Gasteiger partial charge on any atom is -0.324 e. The molecular formula is C20H17ClFN5O3. The molecule has 2 atom stereocenters. The molecule has 0 aromatic heterocycles. The number of imide groups is 1. The largest absolute Gasteiger partial charge is 0.324 e. The van der Waals surface area contributed by atoms with Crippen LogP contribution in [0.2, 0.25) is 5.02 Å². The number of carbonyl (C=O) groups is 3. The normalized spacial score (nSPS) is 20.1. The van der Waals surface area contributed by atoms with E-state index in [1.165, 1.54) is 17.1 Å². The lowest BCUT2D eigenvalue weighted by molar-refractivity contribution is -0.123. The molecule has 0 spiro atoms. The van der Waals surface area contributed by atoms with E-state index in [0.717, 1.165) is 23.0 Å². The topological polar surface area (TPSA) is 94.4 Å². The van der Waals surface area contributed by atoms with Crippen molar-refractivity contribution >= 4 is 40.7 Å². The van der Waals surface area contributed by atoms with Crippen molar-refractivity contribution in [2.24, 2.45) is 10.3 Å². The molecule has 2 aliphatic heterocycles. The minimum absolute atomic E-state index is 0.140. The summed E-state index contributed by atoms with van der Waals surface area (Å²) in [6.45, 7) is 1.78. The third-order valence-corrected chi connectivity index (χ3v) is 5.26. The number of aryl methyl sites for hydroxylation is 1. The highest BCUT2D eigenvalue weighted by molar-refractivity contribution is 6.32. The fraction of sp³-hybridized carbons (Fsp3) is 0.250. The van der Waals surface area contributed by atoms with Gasteiger partial charge in [0.15, 0.2) is 12.1 Å². The van der Waals surface area contributed by atoms with E-state index in [9.17, 15) is 18.8 Å². The minimum atomic E-state index is -1.06. The van der Waals surface area contributed by atoms with E-state index in [0.29, 0.717) is 5.69 Å². The molecule has 3 amide bonds. The smallest absolute Gasteiger partial charge is 0.263 e. The van der Waals surface area contributed by atoms with Crippen LogP contribution < -0.4 is 10.2 Å². The number of hydrogen-bond acceptors (Lipinski definition) is 6. The maximum Gasteiger partial charge on any atom is 0.263 e. The monoisotopic (exact) mass is 429 g/mol. The summed E-state index contributed by atoms with van der Waals surface area (Å²) in [6, 6.07) is 8.85. The number of hydrogen-bond donors (Lipinski definition) is 1. The van der Waals surface area contributed by atoms with Crippen molar-refractivity contribution < 1.29 is 18.8 Å². The Morgan fingerprint density at radius 2 is 1.90 bits per heavy atom. The van der Waals surface area contributed by atoms with Crippen LogP contribution in [-0.2, 0) is 20.8 Å². The fourth-order valence-corrected chi connectivity index (χ4v) is 3.58. The summed E-state index contributed by atoms with van der Waals surface area (Å²) in [5, 5.41) is 11.4. The highest BCUT2D eigenvalue weighted by Gasteiger charge is 2.55. The van der Waals surface area contributed by atoms with Crippen molar-refractivity contribution in [1.29, 1.82) is 0 Å². The summed E-state index contributed by atoms with van der Waals surface area (Å²) >= 11 is 5.77. The van der Waals surface area contributed by atoms with Gasteiger partial charge in [0.2, 0.25) is 5.91 Å². The molecule has 4 rings (SSSR count). The summed E-state index contributed by atoms with van der Waals surface area (Å²) in [4.78, 5) is 38.9. The number of carbonyl (C=O) groups excluding carboxylic acids is 3. The van der Waals surface area contributed by atoms with Crippen LogP contribution in [0.4, 0.5) is 15.8 Å². The van der Waals surface area contributed by atoms with Crippen molar-refractivity contribution in [3.05, 3.63) is 58.9 Å². The van der Waals surface area contributed by atoms with E-state index in [1.807, 2.05) is 19.1 Å². The van der Waals surface area contributed by atoms with Gasteiger partial charge >= 0.3 is 0 Å². The lowest BCUT2D eigenvalue weighted by atomic mass is 10.1. The SMILES string of the molecule is CCc1ccc(NC(=O)CN2N=N[C@H]3C(=O)N(c4ccc(F)c(Cl)c4)C(=O)[C@H]32)cc1. The van der Waals surface area contributed by atoms with Crippen LogP contribution in [0.25, 0.3) is 0 Å². The van der Waals surface area contributed by atoms with Crippen LogP contribution in [0.3, 0.4) is 0 Å². The highest BCUT2D eigenvalue weighted by atomic mass is 35.5. The number of benzene rings is 2. The molecule has 2 aromatic carbocycles. The Morgan fingerprint density at radius 1 is 1.17 bits per heavy atom. The second-order valence-corrected chi connectivity index (χ2v) is 7.31. The summed E-state index contributed by atoms with van der Waals surface area (Å²) in [5.41, 5.74) is 1.89. The van der Waals surface area contributed by atoms with Gasteiger partial charge in [0.25, 0.3) is 11.8 Å². The molecular weight excluding hydrogens is 413 g/mol. The Morgan fingerprint density at radius 3 is 2.57 bits per heavy atom. The first kappa shape index (κ1) is 20.0. The van der Waals surface area contributed by atoms with Gasteiger partial charge in [0.05, 0.1) is 10.7 Å².